The number of aromatic nitrogens is 4. The fourth-order valence-corrected chi connectivity index (χ4v) is 3.10. The standard InChI is InChI=1S/C22H17N7O2/c1-2-31-22(30)16(13-23)24-26-20-18-17(14-9-5-3-6-10-14)19(15-11-7-4-8-12-15)25-27-21(18)29-28-20/h3-12H,2H2,1H3,(H2,26,27,28,29)/b24-16+. The summed E-state index contributed by atoms with van der Waals surface area (Å²) in [5, 5.41) is 29.5. The number of H-pyrrole nitrogens is 1. The molecule has 2 heterocycles. The third-order valence-electron chi connectivity index (χ3n) is 4.44. The van der Waals surface area contributed by atoms with Crippen molar-refractivity contribution in [1.29, 1.82) is 5.26 Å². The van der Waals surface area contributed by atoms with Gasteiger partial charge in [0.1, 0.15) is 11.8 Å². The second-order valence-corrected chi connectivity index (χ2v) is 6.36. The van der Waals surface area contributed by atoms with Crippen LogP contribution in [0.25, 0.3) is 33.4 Å². The third-order valence-corrected chi connectivity index (χ3v) is 4.44. The zero-order chi connectivity index (χ0) is 21.6. The summed E-state index contributed by atoms with van der Waals surface area (Å²) in [5.74, 6) is -0.511. The lowest BCUT2D eigenvalue weighted by Crippen LogP contribution is -2.17. The number of fused-ring (bicyclic) bond motifs is 1. The molecule has 0 amide bonds. The lowest BCUT2D eigenvalue weighted by Gasteiger charge is -2.10. The average molecular weight is 411 g/mol. The summed E-state index contributed by atoms with van der Waals surface area (Å²) in [4.78, 5) is 11.9. The lowest BCUT2D eigenvalue weighted by atomic mass is 9.97. The van der Waals surface area contributed by atoms with E-state index in [9.17, 15) is 10.1 Å². The Kier molecular flexibility index (Phi) is 5.62. The van der Waals surface area contributed by atoms with E-state index in [0.29, 0.717) is 22.5 Å². The minimum atomic E-state index is -0.814. The van der Waals surface area contributed by atoms with E-state index in [4.69, 9.17) is 4.74 Å². The van der Waals surface area contributed by atoms with E-state index < -0.39 is 11.7 Å². The van der Waals surface area contributed by atoms with Gasteiger partial charge in [-0.15, -0.1) is 10.2 Å². The number of anilines is 1. The number of hydrogen-bond donors (Lipinski definition) is 2. The van der Waals surface area contributed by atoms with Crippen LogP contribution in [0.1, 0.15) is 6.92 Å². The molecule has 4 rings (SSSR count). The van der Waals surface area contributed by atoms with E-state index in [1.807, 2.05) is 60.7 Å². The second kappa shape index (κ2) is 8.84. The maximum absolute atomic E-state index is 11.9. The molecule has 2 aromatic heterocycles. The largest absolute Gasteiger partial charge is 0.461 e. The van der Waals surface area contributed by atoms with Gasteiger partial charge in [0.2, 0.25) is 5.71 Å². The van der Waals surface area contributed by atoms with Crippen molar-refractivity contribution in [1.82, 2.24) is 20.4 Å². The highest BCUT2D eigenvalue weighted by molar-refractivity contribution is 6.43. The van der Waals surface area contributed by atoms with Crippen molar-refractivity contribution < 1.29 is 9.53 Å². The van der Waals surface area contributed by atoms with Crippen LogP contribution in [-0.2, 0) is 9.53 Å². The summed E-state index contributed by atoms with van der Waals surface area (Å²) >= 11 is 0. The average Bonchev–Trinajstić information content (AvgIpc) is 3.23. The van der Waals surface area contributed by atoms with Crippen LogP contribution in [0, 0.1) is 11.3 Å². The van der Waals surface area contributed by atoms with Gasteiger partial charge in [-0.1, -0.05) is 60.7 Å². The Balaban J connectivity index is 1.89. The number of ether oxygens (including phenoxy) is 1. The van der Waals surface area contributed by atoms with E-state index in [0.717, 1.165) is 16.7 Å². The Labute approximate surface area is 177 Å². The van der Waals surface area contributed by atoms with Crippen LogP contribution < -0.4 is 5.43 Å². The molecule has 0 spiro atoms. The quantitative estimate of drug-likeness (QED) is 0.282. The maximum atomic E-state index is 11.9. The summed E-state index contributed by atoms with van der Waals surface area (Å²) in [6, 6.07) is 21.1. The van der Waals surface area contributed by atoms with Crippen molar-refractivity contribution in [3.8, 4) is 28.5 Å². The van der Waals surface area contributed by atoms with Crippen LogP contribution in [0.15, 0.2) is 65.8 Å². The van der Waals surface area contributed by atoms with Gasteiger partial charge in [0, 0.05) is 11.1 Å². The first-order chi connectivity index (χ1) is 15.2. The Bertz CT molecular complexity index is 1290. The van der Waals surface area contributed by atoms with Crippen LogP contribution in [0.3, 0.4) is 0 Å². The number of rotatable bonds is 6. The molecule has 0 saturated carbocycles. The van der Waals surface area contributed by atoms with Gasteiger partial charge < -0.3 is 4.74 Å². The van der Waals surface area contributed by atoms with Crippen molar-refractivity contribution in [2.45, 2.75) is 6.92 Å². The molecule has 31 heavy (non-hydrogen) atoms. The minimum absolute atomic E-state index is 0.138. The van der Waals surface area contributed by atoms with Gasteiger partial charge in [-0.25, -0.2) is 4.79 Å². The molecule has 9 nitrogen and oxygen atoms in total. The highest BCUT2D eigenvalue weighted by atomic mass is 16.5. The summed E-state index contributed by atoms with van der Waals surface area (Å²) in [6.07, 6.45) is 0. The lowest BCUT2D eigenvalue weighted by molar-refractivity contribution is -0.134. The number of nitriles is 1. The normalized spacial score (nSPS) is 11.2. The molecule has 0 fully saturated rings. The summed E-state index contributed by atoms with van der Waals surface area (Å²) in [7, 11) is 0. The number of carbonyl (C=O) groups excluding carboxylic acids is 1. The monoisotopic (exact) mass is 411 g/mol. The summed E-state index contributed by atoms with van der Waals surface area (Å²) < 4.78 is 4.84. The Morgan fingerprint density at radius 2 is 1.77 bits per heavy atom. The molecule has 0 aliphatic carbocycles. The smallest absolute Gasteiger partial charge is 0.369 e. The highest BCUT2D eigenvalue weighted by Gasteiger charge is 2.20. The van der Waals surface area contributed by atoms with E-state index >= 15 is 0 Å². The molecule has 0 bridgehead atoms. The number of hydrogen-bond acceptors (Lipinski definition) is 8. The number of esters is 1. The first-order valence-corrected chi connectivity index (χ1v) is 9.49. The zero-order valence-corrected chi connectivity index (χ0v) is 16.5. The van der Waals surface area contributed by atoms with Crippen molar-refractivity contribution in [3.63, 3.8) is 0 Å². The van der Waals surface area contributed by atoms with Crippen LogP contribution in [-0.4, -0.2) is 38.7 Å². The second-order valence-electron chi connectivity index (χ2n) is 6.36. The van der Waals surface area contributed by atoms with Gasteiger partial charge in [0.25, 0.3) is 0 Å². The van der Waals surface area contributed by atoms with Crippen molar-refractivity contribution in [2.24, 2.45) is 5.10 Å². The zero-order valence-electron chi connectivity index (χ0n) is 16.5. The third kappa shape index (κ3) is 3.95. The van der Waals surface area contributed by atoms with Crippen LogP contribution >= 0.6 is 0 Å². The summed E-state index contributed by atoms with van der Waals surface area (Å²) in [5.41, 5.74) is 5.97. The fraction of sp³-hybridized carbons (Fsp3) is 0.0909. The predicted octanol–water partition coefficient (Wildman–Crippen LogP) is 3.54. The number of nitrogens with zero attached hydrogens (tertiary/aromatic N) is 5. The maximum Gasteiger partial charge on any atom is 0.369 e. The van der Waals surface area contributed by atoms with Crippen LogP contribution in [0.5, 0.6) is 0 Å². The molecule has 2 aromatic carbocycles. The Morgan fingerprint density at radius 1 is 1.10 bits per heavy atom. The molecule has 0 radical (unpaired) electrons. The molecule has 2 N–H and O–H groups in total. The van der Waals surface area contributed by atoms with E-state index in [2.05, 4.69) is 30.9 Å². The number of benzene rings is 2. The first kappa shape index (κ1) is 19.7. The van der Waals surface area contributed by atoms with Crippen molar-refractivity contribution >= 4 is 28.5 Å². The van der Waals surface area contributed by atoms with Crippen molar-refractivity contribution in [2.75, 3.05) is 12.0 Å². The van der Waals surface area contributed by atoms with E-state index in [1.165, 1.54) is 0 Å². The Hall–Kier alpha value is -4.58. The van der Waals surface area contributed by atoms with Crippen LogP contribution in [0.4, 0.5) is 5.82 Å². The van der Waals surface area contributed by atoms with Gasteiger partial charge in [-0.3, -0.25) is 10.5 Å². The fourth-order valence-electron chi connectivity index (χ4n) is 3.10. The highest BCUT2D eigenvalue weighted by Crippen LogP contribution is 2.38. The van der Waals surface area contributed by atoms with Gasteiger partial charge in [-0.05, 0) is 12.5 Å². The molecule has 0 aliphatic rings. The van der Waals surface area contributed by atoms with Crippen molar-refractivity contribution in [3.05, 3.63) is 60.7 Å². The first-order valence-electron chi connectivity index (χ1n) is 9.49. The topological polar surface area (TPSA) is 129 Å². The number of carbonyl (C=O) groups is 1. The predicted molar refractivity (Wildman–Crippen MR) is 116 cm³/mol. The molecule has 4 aromatic rings. The van der Waals surface area contributed by atoms with E-state index in [1.54, 1.807) is 13.0 Å². The Morgan fingerprint density at radius 3 is 2.42 bits per heavy atom. The summed E-state index contributed by atoms with van der Waals surface area (Å²) in [6.45, 7) is 1.79. The number of nitrogens with one attached hydrogen (secondary N) is 2. The number of aromatic amines is 1. The van der Waals surface area contributed by atoms with Gasteiger partial charge >= 0.3 is 5.97 Å². The molecule has 152 valence electrons. The molecule has 9 heteroatoms. The van der Waals surface area contributed by atoms with Gasteiger partial charge in [0.05, 0.1) is 12.0 Å². The SMILES string of the molecule is CCOC(=O)/C(C#N)=N/Nc1n[nH]c2nnc(-c3ccccc3)c(-c3ccccc3)c12. The van der Waals surface area contributed by atoms with Crippen LogP contribution in [0.2, 0.25) is 0 Å². The van der Waals surface area contributed by atoms with Gasteiger partial charge in [-0.2, -0.15) is 15.5 Å². The molecule has 0 atom stereocenters. The number of hydrazone groups is 1. The van der Waals surface area contributed by atoms with Gasteiger partial charge in [0.15, 0.2) is 11.5 Å². The molecule has 0 saturated heterocycles. The molecular formula is C22H17N7O2. The molecular weight excluding hydrogens is 394 g/mol. The molecule has 0 unspecified atom stereocenters. The minimum Gasteiger partial charge on any atom is -0.461 e. The van der Waals surface area contributed by atoms with E-state index in [-0.39, 0.29) is 6.61 Å². The molecule has 0 aliphatic heterocycles.